The molecule has 45 heavy (non-hydrogen) atoms. The van der Waals surface area contributed by atoms with E-state index in [1.54, 1.807) is 19.2 Å². The monoisotopic (exact) mass is 616 g/mol. The zero-order valence-electron chi connectivity index (χ0n) is 25.0. The molecule has 2 amide bonds. The summed E-state index contributed by atoms with van der Waals surface area (Å²) in [4.78, 5) is 53.4. The first-order chi connectivity index (χ1) is 21.4. The van der Waals surface area contributed by atoms with Gasteiger partial charge >= 0.3 is 5.69 Å². The second-order valence-electron chi connectivity index (χ2n) is 11.4. The van der Waals surface area contributed by atoms with Gasteiger partial charge < -0.3 is 24.9 Å². The maximum atomic E-state index is 17.2. The molecule has 1 atom stereocenters. The second kappa shape index (κ2) is 10.7. The van der Waals surface area contributed by atoms with E-state index in [9.17, 15) is 24.6 Å². The number of anilines is 2. The number of phenolic OH excluding ortho intramolecular Hbond substituents is 2. The van der Waals surface area contributed by atoms with Crippen molar-refractivity contribution in [3.63, 3.8) is 0 Å². The first kappa shape index (κ1) is 29.7. The van der Waals surface area contributed by atoms with E-state index in [-0.39, 0.29) is 42.4 Å². The van der Waals surface area contributed by atoms with Crippen LogP contribution in [0.3, 0.4) is 0 Å². The Labute approximate surface area is 256 Å². The highest BCUT2D eigenvalue weighted by molar-refractivity contribution is 6.14. The highest BCUT2D eigenvalue weighted by Crippen LogP contribution is 2.49. The first-order valence-corrected chi connectivity index (χ1v) is 14.3. The summed E-state index contributed by atoms with van der Waals surface area (Å²) in [5.41, 5.74) is -1.90. The van der Waals surface area contributed by atoms with E-state index < -0.39 is 69.0 Å². The van der Waals surface area contributed by atoms with Crippen LogP contribution in [-0.2, 0) is 9.59 Å². The Balaban J connectivity index is 1.82. The third-order valence-electron chi connectivity index (χ3n) is 8.45. The highest BCUT2D eigenvalue weighted by atomic mass is 19.1. The number of carbonyl (C=O) groups excluding carboxylic acids is 2. The van der Waals surface area contributed by atoms with E-state index in [4.69, 9.17) is 0 Å². The number of hydrogen-bond donors (Lipinski definition) is 2. The summed E-state index contributed by atoms with van der Waals surface area (Å²) in [6.45, 7) is 8.97. The number of piperazine rings is 1. The van der Waals surface area contributed by atoms with E-state index in [0.29, 0.717) is 11.3 Å². The van der Waals surface area contributed by atoms with Gasteiger partial charge in [0.1, 0.15) is 28.9 Å². The molecule has 0 saturated carbocycles. The van der Waals surface area contributed by atoms with Crippen LogP contribution in [0.15, 0.2) is 47.9 Å². The lowest BCUT2D eigenvalue weighted by Crippen LogP contribution is -2.60. The van der Waals surface area contributed by atoms with Gasteiger partial charge in [0.05, 0.1) is 40.1 Å². The molecule has 11 nitrogen and oxygen atoms in total. The Hall–Kier alpha value is -5.33. The number of benzene rings is 2. The van der Waals surface area contributed by atoms with Gasteiger partial charge in [-0.05, 0) is 42.7 Å². The lowest BCUT2D eigenvalue weighted by Gasteiger charge is -2.40. The maximum Gasteiger partial charge on any atom is 0.354 e. The number of halogens is 2. The fourth-order valence-corrected chi connectivity index (χ4v) is 6.31. The molecule has 0 bridgehead atoms. The molecule has 1 saturated heterocycles. The van der Waals surface area contributed by atoms with Crippen molar-refractivity contribution < 1.29 is 28.6 Å². The van der Waals surface area contributed by atoms with E-state index in [0.717, 1.165) is 27.7 Å². The van der Waals surface area contributed by atoms with Crippen molar-refractivity contribution in [2.45, 2.75) is 32.7 Å². The maximum absolute atomic E-state index is 17.2. The van der Waals surface area contributed by atoms with Gasteiger partial charge in [-0.1, -0.05) is 26.5 Å². The number of nitrogens with zero attached hydrogens (tertiary/aromatic N) is 6. The van der Waals surface area contributed by atoms with Gasteiger partial charge in [0.25, 0.3) is 5.91 Å². The molecule has 1 fully saturated rings. The largest absolute Gasteiger partial charge is 0.507 e. The van der Waals surface area contributed by atoms with Gasteiger partial charge in [-0.25, -0.2) is 13.6 Å². The predicted molar refractivity (Wildman–Crippen MR) is 164 cm³/mol. The van der Waals surface area contributed by atoms with Crippen LogP contribution < -0.4 is 15.5 Å². The summed E-state index contributed by atoms with van der Waals surface area (Å²) in [6, 6.07) is 4.16. The number of aryl methyl sites for hydroxylation is 1. The van der Waals surface area contributed by atoms with Crippen LogP contribution in [-0.4, -0.2) is 74.2 Å². The van der Waals surface area contributed by atoms with Crippen LogP contribution >= 0.6 is 0 Å². The molecule has 0 radical (unpaired) electrons. The number of rotatable bonds is 4. The van der Waals surface area contributed by atoms with Gasteiger partial charge in [0, 0.05) is 26.3 Å². The summed E-state index contributed by atoms with van der Waals surface area (Å²) in [5.74, 6) is -5.19. The smallest absolute Gasteiger partial charge is 0.354 e. The Morgan fingerprint density at radius 1 is 1.07 bits per heavy atom. The Morgan fingerprint density at radius 3 is 2.40 bits per heavy atom. The van der Waals surface area contributed by atoms with Crippen molar-refractivity contribution in [1.29, 1.82) is 0 Å². The summed E-state index contributed by atoms with van der Waals surface area (Å²) >= 11 is 0. The molecule has 2 aliphatic heterocycles. The molecule has 2 aliphatic rings. The SMILES string of the molecule is C=CC(=O)N1CCN2c3nc(=O)n(-c4c(C)ccnc4C(C)C)c4c(F)c(-c5c(O)cccc5O)c(F)c(c34)N(C)C(=O)C2C1. The molecular formula is C32H30F2N6O5. The summed E-state index contributed by atoms with van der Waals surface area (Å²) in [5, 5.41) is 21.3. The lowest BCUT2D eigenvalue weighted by molar-refractivity contribution is -0.128. The van der Waals surface area contributed by atoms with Crippen LogP contribution in [0.1, 0.15) is 31.0 Å². The quantitative estimate of drug-likeness (QED) is 0.332. The minimum Gasteiger partial charge on any atom is -0.507 e. The summed E-state index contributed by atoms with van der Waals surface area (Å²) < 4.78 is 35.2. The minimum atomic E-state index is -1.26. The van der Waals surface area contributed by atoms with Crippen molar-refractivity contribution in [2.75, 3.05) is 36.5 Å². The van der Waals surface area contributed by atoms with Crippen molar-refractivity contribution >= 4 is 34.2 Å². The summed E-state index contributed by atoms with van der Waals surface area (Å²) in [7, 11) is 1.30. The highest BCUT2D eigenvalue weighted by Gasteiger charge is 2.44. The molecule has 13 heteroatoms. The molecule has 232 valence electrons. The minimum absolute atomic E-state index is 0.0310. The van der Waals surface area contributed by atoms with E-state index in [1.807, 2.05) is 13.8 Å². The van der Waals surface area contributed by atoms with Crippen molar-refractivity contribution in [3.05, 3.63) is 76.5 Å². The molecule has 4 heterocycles. The Morgan fingerprint density at radius 2 is 1.76 bits per heavy atom. The number of fused-ring (bicyclic) bond motifs is 2. The fraction of sp³-hybridized carbons (Fsp3) is 0.281. The molecule has 2 N–H and O–H groups in total. The van der Waals surface area contributed by atoms with E-state index in [1.165, 1.54) is 22.9 Å². The number of pyridine rings is 1. The van der Waals surface area contributed by atoms with Crippen LogP contribution in [0, 0.1) is 18.6 Å². The number of aromatic hydroxyl groups is 2. The molecular weight excluding hydrogens is 586 g/mol. The Bertz CT molecular complexity index is 1990. The zero-order chi connectivity index (χ0) is 32.5. The molecule has 1 unspecified atom stereocenters. The standard InChI is InChI=1S/C32H30F2N6O5/c1-6-20(43)38-12-13-39-17(14-38)31(44)37(5)28-23-29(25(34)22(24(28)33)21-18(41)8-7-9-19(21)42)40(32(45)36-30(23)39)27-16(4)10-11-35-26(27)15(2)3/h6-11,15,17,41-42H,1,12-14H2,2-5H3. The Kier molecular flexibility index (Phi) is 7.06. The molecule has 0 aliphatic carbocycles. The normalized spacial score (nSPS) is 16.3. The summed E-state index contributed by atoms with van der Waals surface area (Å²) in [6.07, 6.45) is 2.68. The van der Waals surface area contributed by atoms with Gasteiger partial charge in [-0.15, -0.1) is 0 Å². The predicted octanol–water partition coefficient (Wildman–Crippen LogP) is 3.75. The van der Waals surface area contributed by atoms with Crippen LogP contribution in [0.5, 0.6) is 11.5 Å². The van der Waals surface area contributed by atoms with E-state index in [2.05, 4.69) is 16.5 Å². The zero-order valence-corrected chi connectivity index (χ0v) is 25.0. The molecule has 0 spiro atoms. The van der Waals surface area contributed by atoms with Crippen molar-refractivity contribution in [2.24, 2.45) is 0 Å². The van der Waals surface area contributed by atoms with Crippen LogP contribution in [0.25, 0.3) is 27.7 Å². The molecule has 4 aromatic rings. The van der Waals surface area contributed by atoms with Gasteiger partial charge in [-0.2, -0.15) is 4.98 Å². The second-order valence-corrected chi connectivity index (χ2v) is 11.4. The number of aromatic nitrogens is 3. The number of amides is 2. The number of carbonyl (C=O) groups is 2. The molecule has 2 aromatic carbocycles. The lowest BCUT2D eigenvalue weighted by atomic mass is 9.97. The van der Waals surface area contributed by atoms with Crippen molar-refractivity contribution in [3.8, 4) is 28.3 Å². The fourth-order valence-electron chi connectivity index (χ4n) is 6.31. The van der Waals surface area contributed by atoms with Crippen molar-refractivity contribution in [1.82, 2.24) is 19.4 Å². The average Bonchev–Trinajstić information content (AvgIpc) is 3.09. The number of hydrogen-bond acceptors (Lipinski definition) is 8. The van der Waals surface area contributed by atoms with E-state index >= 15 is 8.78 Å². The van der Waals surface area contributed by atoms with Gasteiger partial charge in [0.2, 0.25) is 5.91 Å². The third-order valence-corrected chi connectivity index (χ3v) is 8.45. The number of likely N-dealkylation sites (N-methyl/N-ethyl adjacent to an activating group) is 1. The topological polar surface area (TPSA) is 132 Å². The van der Waals surface area contributed by atoms with Gasteiger partial charge in [-0.3, -0.25) is 19.1 Å². The van der Waals surface area contributed by atoms with Gasteiger partial charge in [0.15, 0.2) is 11.6 Å². The number of phenols is 2. The van der Waals surface area contributed by atoms with Crippen LogP contribution in [0.2, 0.25) is 0 Å². The first-order valence-electron chi connectivity index (χ1n) is 14.3. The average molecular weight is 617 g/mol. The molecule has 2 aromatic heterocycles. The third kappa shape index (κ3) is 4.32. The molecule has 6 rings (SSSR count). The van der Waals surface area contributed by atoms with Crippen LogP contribution in [0.4, 0.5) is 20.3 Å².